The molecule has 0 unspecified atom stereocenters. The van der Waals surface area contributed by atoms with Crippen molar-refractivity contribution in [2.75, 3.05) is 0 Å². The molecule has 6 heteroatoms. The zero-order valence-corrected chi connectivity index (χ0v) is 13.0. The molecule has 0 saturated carbocycles. The van der Waals surface area contributed by atoms with Crippen molar-refractivity contribution in [1.82, 2.24) is 0 Å². The molecule has 2 aromatic carbocycles. The molecule has 122 valence electrons. The number of carboxylic acids is 2. The highest BCUT2D eigenvalue weighted by molar-refractivity contribution is 6.10. The first-order chi connectivity index (χ1) is 11.2. The highest BCUT2D eigenvalue weighted by Crippen LogP contribution is 2.29. The second-order valence-corrected chi connectivity index (χ2v) is 5.21. The Morgan fingerprint density at radius 1 is 0.750 bits per heavy atom. The second-order valence-electron chi connectivity index (χ2n) is 5.21. The average molecular weight is 326 g/mol. The number of aromatic carboxylic acids is 2. The van der Waals surface area contributed by atoms with Crippen LogP contribution in [0.3, 0.4) is 0 Å². The summed E-state index contributed by atoms with van der Waals surface area (Å²) >= 11 is 0. The predicted molar refractivity (Wildman–Crippen MR) is 85.8 cm³/mol. The van der Waals surface area contributed by atoms with Gasteiger partial charge in [-0.15, -0.1) is 0 Å². The summed E-state index contributed by atoms with van der Waals surface area (Å²) in [5.41, 5.74) is 0.282. The maximum atomic E-state index is 11.7. The van der Waals surface area contributed by atoms with Crippen molar-refractivity contribution in [3.8, 4) is 11.1 Å². The molecule has 0 spiro atoms. The number of carboxylic acid groups (broad SMARTS) is 2. The van der Waals surface area contributed by atoms with E-state index in [-0.39, 0.29) is 27.8 Å². The minimum absolute atomic E-state index is 0.0235. The summed E-state index contributed by atoms with van der Waals surface area (Å²) < 4.78 is 0. The largest absolute Gasteiger partial charge is 0.478 e. The molecule has 24 heavy (non-hydrogen) atoms. The number of ketones is 2. The summed E-state index contributed by atoms with van der Waals surface area (Å²) in [6.07, 6.45) is 0. The predicted octanol–water partition coefficient (Wildman–Crippen LogP) is 3.16. The molecule has 0 aliphatic carbocycles. The van der Waals surface area contributed by atoms with Crippen LogP contribution in [0.1, 0.15) is 55.3 Å². The van der Waals surface area contributed by atoms with E-state index in [1.807, 2.05) is 0 Å². The summed E-state index contributed by atoms with van der Waals surface area (Å²) in [5.74, 6) is -3.37. The Balaban J connectivity index is 2.78. The number of hydrogen-bond acceptors (Lipinski definition) is 4. The molecule has 0 aromatic heterocycles. The standard InChI is InChI=1S/C18H14O6/c1-9(19)12-4-3-5-13(16(12)18(23)24)11-6-7-14(17(21)22)15(8-11)10(2)20/h3-8H,1-2H3,(H,21,22)(H,23,24). The number of hydrogen-bond donors (Lipinski definition) is 2. The first kappa shape index (κ1) is 17.1. The van der Waals surface area contributed by atoms with Crippen LogP contribution in [0, 0.1) is 0 Å². The number of Topliss-reactive ketones (excluding diaryl/α,β-unsaturated/α-hetero) is 2. The van der Waals surface area contributed by atoms with Gasteiger partial charge in [0, 0.05) is 11.1 Å². The van der Waals surface area contributed by atoms with E-state index in [2.05, 4.69) is 0 Å². The maximum Gasteiger partial charge on any atom is 0.337 e. The van der Waals surface area contributed by atoms with Crippen LogP contribution in [0.5, 0.6) is 0 Å². The van der Waals surface area contributed by atoms with Gasteiger partial charge in [0.25, 0.3) is 0 Å². The second kappa shape index (κ2) is 6.45. The summed E-state index contributed by atoms with van der Waals surface area (Å²) in [6.45, 7) is 2.50. The molecule has 0 aliphatic rings. The van der Waals surface area contributed by atoms with Gasteiger partial charge >= 0.3 is 11.9 Å². The van der Waals surface area contributed by atoms with Gasteiger partial charge in [-0.3, -0.25) is 9.59 Å². The first-order valence-electron chi connectivity index (χ1n) is 7.00. The molecular formula is C18H14O6. The lowest BCUT2D eigenvalue weighted by molar-refractivity contribution is 0.0683. The fourth-order valence-electron chi connectivity index (χ4n) is 2.51. The van der Waals surface area contributed by atoms with Crippen molar-refractivity contribution >= 4 is 23.5 Å². The van der Waals surface area contributed by atoms with Crippen LogP contribution in [0.2, 0.25) is 0 Å². The van der Waals surface area contributed by atoms with Crippen LogP contribution in [-0.2, 0) is 0 Å². The van der Waals surface area contributed by atoms with Crippen LogP contribution in [0.15, 0.2) is 36.4 Å². The molecule has 0 saturated heterocycles. The molecule has 0 bridgehead atoms. The van der Waals surface area contributed by atoms with Gasteiger partial charge in [-0.05, 0) is 37.1 Å². The van der Waals surface area contributed by atoms with E-state index >= 15 is 0 Å². The first-order valence-corrected chi connectivity index (χ1v) is 7.00. The maximum absolute atomic E-state index is 11.7. The van der Waals surface area contributed by atoms with Crippen LogP contribution < -0.4 is 0 Å². The third kappa shape index (κ3) is 3.08. The molecule has 2 rings (SSSR count). The Hall–Kier alpha value is -3.28. The zero-order valence-electron chi connectivity index (χ0n) is 13.0. The average Bonchev–Trinajstić information content (AvgIpc) is 2.53. The minimum atomic E-state index is -1.28. The van der Waals surface area contributed by atoms with Crippen LogP contribution in [0.4, 0.5) is 0 Å². The van der Waals surface area contributed by atoms with E-state index in [1.54, 1.807) is 0 Å². The van der Waals surface area contributed by atoms with Gasteiger partial charge in [0.05, 0.1) is 11.1 Å². The summed E-state index contributed by atoms with van der Waals surface area (Å²) in [5, 5.41) is 18.6. The fourth-order valence-corrected chi connectivity index (χ4v) is 2.51. The molecule has 6 nitrogen and oxygen atoms in total. The van der Waals surface area contributed by atoms with Gasteiger partial charge in [0.15, 0.2) is 11.6 Å². The molecule has 2 aromatic rings. The molecule has 0 amide bonds. The van der Waals surface area contributed by atoms with Gasteiger partial charge in [0.1, 0.15) is 0 Å². The molecule has 0 radical (unpaired) electrons. The van der Waals surface area contributed by atoms with Gasteiger partial charge in [0.2, 0.25) is 0 Å². The van der Waals surface area contributed by atoms with E-state index in [1.165, 1.54) is 50.2 Å². The van der Waals surface area contributed by atoms with Gasteiger partial charge in [-0.25, -0.2) is 9.59 Å². The molecule has 0 heterocycles. The summed E-state index contributed by atoms with van der Waals surface area (Å²) in [7, 11) is 0. The van der Waals surface area contributed by atoms with Crippen molar-refractivity contribution < 1.29 is 29.4 Å². The Bertz CT molecular complexity index is 879. The Labute approximate surface area is 137 Å². The number of rotatable bonds is 5. The van der Waals surface area contributed by atoms with Crippen molar-refractivity contribution in [3.63, 3.8) is 0 Å². The van der Waals surface area contributed by atoms with E-state index in [0.717, 1.165) is 0 Å². The third-order valence-corrected chi connectivity index (χ3v) is 3.60. The lowest BCUT2D eigenvalue weighted by Gasteiger charge is -2.12. The lowest BCUT2D eigenvalue weighted by atomic mass is 9.91. The number of carbonyl (C=O) groups excluding carboxylic acids is 2. The van der Waals surface area contributed by atoms with Crippen LogP contribution in [-0.4, -0.2) is 33.7 Å². The monoisotopic (exact) mass is 326 g/mol. The quantitative estimate of drug-likeness (QED) is 0.817. The number of benzene rings is 2. The number of carbonyl (C=O) groups is 4. The van der Waals surface area contributed by atoms with Gasteiger partial charge < -0.3 is 10.2 Å². The Morgan fingerprint density at radius 3 is 1.88 bits per heavy atom. The smallest absolute Gasteiger partial charge is 0.337 e. The zero-order chi connectivity index (χ0) is 18.0. The lowest BCUT2D eigenvalue weighted by Crippen LogP contribution is -2.09. The molecular weight excluding hydrogens is 312 g/mol. The Morgan fingerprint density at radius 2 is 1.38 bits per heavy atom. The summed E-state index contributed by atoms with van der Waals surface area (Å²) in [4.78, 5) is 46.2. The fraction of sp³-hybridized carbons (Fsp3) is 0.111. The van der Waals surface area contributed by atoms with Gasteiger partial charge in [-0.1, -0.05) is 24.3 Å². The highest BCUT2D eigenvalue weighted by atomic mass is 16.4. The van der Waals surface area contributed by atoms with E-state index in [9.17, 15) is 24.3 Å². The van der Waals surface area contributed by atoms with Crippen molar-refractivity contribution in [2.45, 2.75) is 13.8 Å². The van der Waals surface area contributed by atoms with Crippen molar-refractivity contribution in [1.29, 1.82) is 0 Å². The summed E-state index contributed by atoms with van der Waals surface area (Å²) in [6, 6.07) is 8.46. The molecule has 2 N–H and O–H groups in total. The highest BCUT2D eigenvalue weighted by Gasteiger charge is 2.21. The normalized spacial score (nSPS) is 10.2. The molecule has 0 aliphatic heterocycles. The van der Waals surface area contributed by atoms with Crippen molar-refractivity contribution in [2.24, 2.45) is 0 Å². The molecule has 0 atom stereocenters. The topological polar surface area (TPSA) is 109 Å². The third-order valence-electron chi connectivity index (χ3n) is 3.60. The van der Waals surface area contributed by atoms with Crippen LogP contribution >= 0.6 is 0 Å². The minimum Gasteiger partial charge on any atom is -0.478 e. The SMILES string of the molecule is CC(=O)c1cc(-c2cccc(C(C)=O)c2C(=O)O)ccc1C(=O)O. The molecule has 0 fully saturated rings. The van der Waals surface area contributed by atoms with E-state index < -0.39 is 23.5 Å². The van der Waals surface area contributed by atoms with E-state index in [4.69, 9.17) is 5.11 Å². The van der Waals surface area contributed by atoms with Gasteiger partial charge in [-0.2, -0.15) is 0 Å². The van der Waals surface area contributed by atoms with Crippen molar-refractivity contribution in [3.05, 3.63) is 58.7 Å². The Kier molecular flexibility index (Phi) is 4.59. The van der Waals surface area contributed by atoms with E-state index in [0.29, 0.717) is 5.56 Å². The van der Waals surface area contributed by atoms with Crippen LogP contribution in [0.25, 0.3) is 11.1 Å².